The van der Waals surface area contributed by atoms with Crippen molar-refractivity contribution in [2.45, 2.75) is 32.9 Å². The van der Waals surface area contributed by atoms with Crippen molar-refractivity contribution in [2.75, 3.05) is 0 Å². The lowest BCUT2D eigenvalue weighted by Gasteiger charge is -2.18. The van der Waals surface area contributed by atoms with Crippen LogP contribution in [0.15, 0.2) is 0 Å². The molecule has 0 spiro atoms. The van der Waals surface area contributed by atoms with Gasteiger partial charge in [0.15, 0.2) is 5.82 Å². The van der Waals surface area contributed by atoms with Crippen molar-refractivity contribution in [2.24, 2.45) is 11.7 Å². The molecule has 0 saturated carbocycles. The van der Waals surface area contributed by atoms with Gasteiger partial charge in [-0.2, -0.15) is 5.21 Å². The number of H-pyrrole nitrogens is 1. The molecule has 5 N–H and O–H groups in total. The van der Waals surface area contributed by atoms with E-state index < -0.39 is 12.1 Å². The Morgan fingerprint density at radius 2 is 2.17 bits per heavy atom. The third-order valence-electron chi connectivity index (χ3n) is 2.15. The highest BCUT2D eigenvalue weighted by Gasteiger charge is 2.20. The fourth-order valence-electron chi connectivity index (χ4n) is 1.42. The van der Waals surface area contributed by atoms with Crippen molar-refractivity contribution in [1.82, 2.24) is 31.3 Å². The van der Waals surface area contributed by atoms with Crippen molar-refractivity contribution in [3.63, 3.8) is 0 Å². The Hall–Kier alpha value is -2.19. The van der Waals surface area contributed by atoms with Crippen LogP contribution in [0, 0.1) is 5.92 Å². The molecule has 1 aromatic rings. The Balaban J connectivity index is 2.50. The largest absolute Gasteiger partial charge is 0.352 e. The third kappa shape index (κ3) is 4.76. The summed E-state index contributed by atoms with van der Waals surface area (Å²) in [6.07, 6.45) is 0.501. The molecule has 0 radical (unpaired) electrons. The molecular formula is C9H17N7O2. The number of nitrogens with two attached hydrogens (primary N) is 1. The highest BCUT2D eigenvalue weighted by molar-refractivity contribution is 5.86. The number of primary amides is 1. The van der Waals surface area contributed by atoms with Gasteiger partial charge in [0.25, 0.3) is 0 Å². The molecule has 1 unspecified atom stereocenters. The van der Waals surface area contributed by atoms with E-state index in [4.69, 9.17) is 5.73 Å². The summed E-state index contributed by atoms with van der Waals surface area (Å²) in [7, 11) is 0. The number of urea groups is 1. The Labute approximate surface area is 104 Å². The van der Waals surface area contributed by atoms with Gasteiger partial charge in [-0.15, -0.1) is 10.2 Å². The van der Waals surface area contributed by atoms with Crippen LogP contribution in [-0.4, -0.2) is 38.6 Å². The average molecular weight is 255 g/mol. The lowest BCUT2D eigenvalue weighted by Crippen LogP contribution is -2.49. The molecule has 0 aliphatic carbocycles. The molecule has 9 heteroatoms. The van der Waals surface area contributed by atoms with Gasteiger partial charge in [-0.25, -0.2) is 4.79 Å². The lowest BCUT2D eigenvalue weighted by molar-refractivity contribution is -0.123. The minimum atomic E-state index is -0.727. The van der Waals surface area contributed by atoms with E-state index in [0.29, 0.717) is 12.2 Å². The average Bonchev–Trinajstić information content (AvgIpc) is 2.76. The monoisotopic (exact) mass is 255 g/mol. The molecule has 0 aromatic carbocycles. The molecule has 0 bridgehead atoms. The zero-order valence-electron chi connectivity index (χ0n) is 10.3. The molecule has 1 rings (SSSR count). The van der Waals surface area contributed by atoms with Crippen LogP contribution >= 0.6 is 0 Å². The highest BCUT2D eigenvalue weighted by atomic mass is 16.2. The van der Waals surface area contributed by atoms with Crippen LogP contribution in [0.25, 0.3) is 0 Å². The van der Waals surface area contributed by atoms with Gasteiger partial charge in [-0.05, 0) is 12.3 Å². The quantitative estimate of drug-likeness (QED) is 0.511. The standard InChI is InChI=1S/C9H17N7O2/c1-5(2)3-6(12-9(10)18)8(17)11-4-7-13-15-16-14-7/h5-6H,3-4H2,1-2H3,(H,11,17)(H3,10,12,18)(H,13,14,15,16). The number of amides is 3. The Bertz CT molecular complexity index is 390. The van der Waals surface area contributed by atoms with Gasteiger partial charge in [0.05, 0.1) is 6.54 Å². The van der Waals surface area contributed by atoms with E-state index in [0.717, 1.165) is 0 Å². The van der Waals surface area contributed by atoms with Crippen molar-refractivity contribution < 1.29 is 9.59 Å². The van der Waals surface area contributed by atoms with Crippen LogP contribution in [0.2, 0.25) is 0 Å². The molecule has 9 nitrogen and oxygen atoms in total. The smallest absolute Gasteiger partial charge is 0.312 e. The number of tetrazole rings is 1. The van der Waals surface area contributed by atoms with E-state index in [1.165, 1.54) is 0 Å². The number of aromatic nitrogens is 4. The van der Waals surface area contributed by atoms with Crippen LogP contribution in [0.1, 0.15) is 26.1 Å². The maximum absolute atomic E-state index is 11.8. The van der Waals surface area contributed by atoms with Crippen molar-refractivity contribution in [3.05, 3.63) is 5.82 Å². The number of hydrogen-bond acceptors (Lipinski definition) is 5. The molecule has 0 aliphatic rings. The summed E-state index contributed by atoms with van der Waals surface area (Å²) in [5, 5.41) is 18.0. The summed E-state index contributed by atoms with van der Waals surface area (Å²) in [6.45, 7) is 4.04. The first-order valence-electron chi connectivity index (χ1n) is 5.55. The predicted octanol–water partition coefficient (Wildman–Crippen LogP) is -1.10. The lowest BCUT2D eigenvalue weighted by atomic mass is 10.0. The third-order valence-corrected chi connectivity index (χ3v) is 2.15. The number of rotatable bonds is 6. The van der Waals surface area contributed by atoms with Gasteiger partial charge in [-0.3, -0.25) is 4.79 Å². The highest BCUT2D eigenvalue weighted by Crippen LogP contribution is 2.04. The van der Waals surface area contributed by atoms with Crippen molar-refractivity contribution in [1.29, 1.82) is 0 Å². The molecule has 0 fully saturated rings. The molecule has 1 heterocycles. The second-order valence-electron chi connectivity index (χ2n) is 4.24. The maximum Gasteiger partial charge on any atom is 0.312 e. The molecule has 100 valence electrons. The minimum absolute atomic E-state index is 0.143. The van der Waals surface area contributed by atoms with Gasteiger partial charge in [-0.1, -0.05) is 19.1 Å². The Morgan fingerprint density at radius 3 is 2.67 bits per heavy atom. The van der Waals surface area contributed by atoms with Crippen molar-refractivity contribution >= 4 is 11.9 Å². The van der Waals surface area contributed by atoms with Crippen LogP contribution in [-0.2, 0) is 11.3 Å². The van der Waals surface area contributed by atoms with Crippen molar-refractivity contribution in [3.8, 4) is 0 Å². The molecule has 3 amide bonds. The number of nitrogens with zero attached hydrogens (tertiary/aromatic N) is 3. The molecule has 1 atom stereocenters. The zero-order chi connectivity index (χ0) is 13.5. The van der Waals surface area contributed by atoms with Crippen LogP contribution in [0.5, 0.6) is 0 Å². The fraction of sp³-hybridized carbons (Fsp3) is 0.667. The molecule has 1 aromatic heterocycles. The van der Waals surface area contributed by atoms with Gasteiger partial charge in [0, 0.05) is 0 Å². The summed E-state index contributed by atoms with van der Waals surface area (Å²) >= 11 is 0. The van der Waals surface area contributed by atoms with E-state index in [1.807, 2.05) is 13.8 Å². The minimum Gasteiger partial charge on any atom is -0.352 e. The molecule has 0 saturated heterocycles. The number of nitrogens with one attached hydrogen (secondary N) is 3. The van der Waals surface area contributed by atoms with E-state index in [9.17, 15) is 9.59 Å². The van der Waals surface area contributed by atoms with Crippen LogP contribution in [0.4, 0.5) is 4.79 Å². The zero-order valence-corrected chi connectivity index (χ0v) is 10.3. The van der Waals surface area contributed by atoms with E-state index in [1.54, 1.807) is 0 Å². The van der Waals surface area contributed by atoms with Gasteiger partial charge in [0.1, 0.15) is 6.04 Å². The SMILES string of the molecule is CC(C)CC(NC(N)=O)C(=O)NCc1nn[nH]n1. The second kappa shape index (κ2) is 6.52. The van der Waals surface area contributed by atoms with E-state index >= 15 is 0 Å². The summed E-state index contributed by atoms with van der Waals surface area (Å²) in [6, 6.07) is -1.38. The normalized spacial score (nSPS) is 12.2. The van der Waals surface area contributed by atoms with Crippen LogP contribution < -0.4 is 16.4 Å². The fourth-order valence-corrected chi connectivity index (χ4v) is 1.42. The predicted molar refractivity (Wildman–Crippen MR) is 62.0 cm³/mol. The first-order valence-corrected chi connectivity index (χ1v) is 5.55. The first kappa shape index (κ1) is 13.9. The van der Waals surface area contributed by atoms with E-state index in [2.05, 4.69) is 31.3 Å². The topological polar surface area (TPSA) is 139 Å². The number of aromatic amines is 1. The number of carbonyl (C=O) groups is 2. The van der Waals surface area contributed by atoms with Crippen LogP contribution in [0.3, 0.4) is 0 Å². The Morgan fingerprint density at radius 1 is 1.44 bits per heavy atom. The molecule has 0 aliphatic heterocycles. The molecule has 18 heavy (non-hydrogen) atoms. The van der Waals surface area contributed by atoms with Gasteiger partial charge >= 0.3 is 6.03 Å². The first-order chi connectivity index (χ1) is 8.49. The maximum atomic E-state index is 11.8. The Kier molecular flexibility index (Phi) is 5.03. The second-order valence-corrected chi connectivity index (χ2v) is 4.24. The van der Waals surface area contributed by atoms with Gasteiger partial charge < -0.3 is 16.4 Å². The number of carbonyl (C=O) groups excluding carboxylic acids is 2. The van der Waals surface area contributed by atoms with E-state index in [-0.39, 0.29) is 18.4 Å². The summed E-state index contributed by atoms with van der Waals surface area (Å²) in [4.78, 5) is 22.7. The van der Waals surface area contributed by atoms with Gasteiger partial charge in [0.2, 0.25) is 5.91 Å². The number of hydrogen-bond donors (Lipinski definition) is 4. The summed E-state index contributed by atoms with van der Waals surface area (Å²) in [5.41, 5.74) is 5.03. The summed E-state index contributed by atoms with van der Waals surface area (Å²) < 4.78 is 0. The summed E-state index contributed by atoms with van der Waals surface area (Å²) in [5.74, 6) is 0.288. The molecular weight excluding hydrogens is 238 g/mol.